The van der Waals surface area contributed by atoms with E-state index in [1.54, 1.807) is 24.7 Å². The highest BCUT2D eigenvalue weighted by molar-refractivity contribution is 7.14. The van der Waals surface area contributed by atoms with Gasteiger partial charge in [0.1, 0.15) is 5.76 Å². The van der Waals surface area contributed by atoms with E-state index in [2.05, 4.69) is 15.3 Å². The van der Waals surface area contributed by atoms with Crippen LogP contribution in [0.2, 0.25) is 0 Å². The van der Waals surface area contributed by atoms with Gasteiger partial charge in [0.2, 0.25) is 0 Å². The van der Waals surface area contributed by atoms with E-state index in [4.69, 9.17) is 10.2 Å². The number of carbonyl (C=O) groups excluding carboxylic acids is 1. The molecule has 0 fully saturated rings. The molecule has 0 unspecified atom stereocenters. The zero-order valence-corrected chi connectivity index (χ0v) is 15.4. The minimum absolute atomic E-state index is 0.462. The first-order valence-electron chi connectivity index (χ1n) is 8.27. The molecule has 0 saturated carbocycles. The summed E-state index contributed by atoms with van der Waals surface area (Å²) in [6.45, 7) is 2.36. The molecule has 0 saturated heterocycles. The van der Waals surface area contributed by atoms with Crippen molar-refractivity contribution in [2.75, 3.05) is 5.32 Å². The van der Waals surface area contributed by atoms with E-state index in [1.807, 2.05) is 41.1 Å². The lowest BCUT2D eigenvalue weighted by Gasteiger charge is -2.09. The highest BCUT2D eigenvalue weighted by Crippen LogP contribution is 2.30. The molecule has 0 spiro atoms. The van der Waals surface area contributed by atoms with Crippen molar-refractivity contribution in [3.8, 4) is 11.4 Å². The van der Waals surface area contributed by atoms with Gasteiger partial charge in [-0.3, -0.25) is 9.78 Å². The third-order valence-electron chi connectivity index (χ3n) is 4.21. The first kappa shape index (κ1) is 17.0. The van der Waals surface area contributed by atoms with Gasteiger partial charge in [-0.2, -0.15) is 0 Å². The number of furan rings is 1. The SMILES string of the molecule is Cc1c(C(N)=O)cc(-c2csc(Nc3cccnc3)n2)n1Cc1ccco1. The van der Waals surface area contributed by atoms with Gasteiger partial charge >= 0.3 is 0 Å². The van der Waals surface area contributed by atoms with Crippen LogP contribution in [-0.4, -0.2) is 20.4 Å². The van der Waals surface area contributed by atoms with Crippen molar-refractivity contribution in [3.63, 3.8) is 0 Å². The van der Waals surface area contributed by atoms with E-state index >= 15 is 0 Å². The summed E-state index contributed by atoms with van der Waals surface area (Å²) in [4.78, 5) is 20.6. The Hall–Kier alpha value is -3.39. The number of carbonyl (C=O) groups is 1. The zero-order chi connectivity index (χ0) is 18.8. The highest BCUT2D eigenvalue weighted by atomic mass is 32.1. The number of hydrogen-bond acceptors (Lipinski definition) is 6. The van der Waals surface area contributed by atoms with Crippen molar-refractivity contribution in [3.05, 3.63) is 71.4 Å². The van der Waals surface area contributed by atoms with Gasteiger partial charge in [0.25, 0.3) is 5.91 Å². The summed E-state index contributed by atoms with van der Waals surface area (Å²) >= 11 is 1.48. The second-order valence-corrected chi connectivity index (χ2v) is 6.82. The van der Waals surface area contributed by atoms with Gasteiger partial charge in [-0.15, -0.1) is 11.3 Å². The number of amides is 1. The molecule has 1 amide bonds. The van der Waals surface area contributed by atoms with Crippen LogP contribution >= 0.6 is 11.3 Å². The number of hydrogen-bond donors (Lipinski definition) is 2. The summed E-state index contributed by atoms with van der Waals surface area (Å²) in [5.41, 5.74) is 9.23. The monoisotopic (exact) mass is 379 g/mol. The van der Waals surface area contributed by atoms with E-state index in [9.17, 15) is 4.79 Å². The average Bonchev–Trinajstić information content (AvgIpc) is 3.38. The van der Waals surface area contributed by atoms with Gasteiger partial charge in [0, 0.05) is 17.3 Å². The fourth-order valence-electron chi connectivity index (χ4n) is 2.88. The lowest BCUT2D eigenvalue weighted by atomic mass is 10.2. The first-order valence-corrected chi connectivity index (χ1v) is 9.15. The minimum Gasteiger partial charge on any atom is -0.467 e. The molecule has 4 aromatic rings. The lowest BCUT2D eigenvalue weighted by Crippen LogP contribution is -2.12. The van der Waals surface area contributed by atoms with Crippen molar-refractivity contribution in [2.45, 2.75) is 13.5 Å². The molecular weight excluding hydrogens is 362 g/mol. The largest absolute Gasteiger partial charge is 0.467 e. The van der Waals surface area contributed by atoms with E-state index < -0.39 is 5.91 Å². The first-order chi connectivity index (χ1) is 13.1. The molecule has 0 atom stereocenters. The van der Waals surface area contributed by atoms with Crippen LogP contribution in [0, 0.1) is 6.92 Å². The molecule has 4 rings (SSSR count). The summed E-state index contributed by atoms with van der Waals surface area (Å²) in [5, 5.41) is 5.91. The standard InChI is InChI=1S/C19H17N5O2S/c1-12-15(18(20)25)8-17(24(12)10-14-5-3-7-26-14)16-11-27-19(23-16)22-13-4-2-6-21-9-13/h2-9,11H,10H2,1H3,(H2,20,25)(H,22,23). The van der Waals surface area contributed by atoms with Crippen LogP contribution in [-0.2, 0) is 6.54 Å². The number of primary amides is 1. The summed E-state index contributed by atoms with van der Waals surface area (Å²) in [6, 6.07) is 9.28. The van der Waals surface area contributed by atoms with Crippen LogP contribution in [0.15, 0.2) is 58.8 Å². The predicted molar refractivity (Wildman–Crippen MR) is 104 cm³/mol. The lowest BCUT2D eigenvalue weighted by molar-refractivity contribution is 0.0999. The van der Waals surface area contributed by atoms with Crippen LogP contribution in [0.4, 0.5) is 10.8 Å². The molecule has 27 heavy (non-hydrogen) atoms. The van der Waals surface area contributed by atoms with Gasteiger partial charge in [-0.25, -0.2) is 4.98 Å². The van der Waals surface area contributed by atoms with Gasteiger partial charge in [-0.1, -0.05) is 0 Å². The van der Waals surface area contributed by atoms with Crippen LogP contribution < -0.4 is 11.1 Å². The number of aromatic nitrogens is 3. The molecule has 0 aliphatic rings. The van der Waals surface area contributed by atoms with Gasteiger partial charge in [0.05, 0.1) is 41.6 Å². The number of nitrogens with two attached hydrogens (primary N) is 1. The van der Waals surface area contributed by atoms with E-state index in [0.29, 0.717) is 12.1 Å². The Bertz CT molecular complexity index is 1070. The van der Waals surface area contributed by atoms with Crippen molar-refractivity contribution >= 4 is 28.1 Å². The third-order valence-corrected chi connectivity index (χ3v) is 4.96. The predicted octanol–water partition coefficient (Wildman–Crippen LogP) is 3.80. The molecule has 4 aromatic heterocycles. The number of anilines is 2. The molecule has 0 aliphatic heterocycles. The van der Waals surface area contributed by atoms with Gasteiger partial charge < -0.3 is 20.0 Å². The molecule has 8 heteroatoms. The molecule has 0 radical (unpaired) electrons. The molecule has 0 aromatic carbocycles. The van der Waals surface area contributed by atoms with Crippen LogP contribution in [0.5, 0.6) is 0 Å². The number of nitrogens with one attached hydrogen (secondary N) is 1. The zero-order valence-electron chi connectivity index (χ0n) is 14.5. The maximum Gasteiger partial charge on any atom is 0.250 e. The maximum absolute atomic E-state index is 11.8. The maximum atomic E-state index is 11.8. The van der Waals surface area contributed by atoms with Crippen molar-refractivity contribution in [2.24, 2.45) is 5.73 Å². The molecular formula is C19H17N5O2S. The van der Waals surface area contributed by atoms with Crippen LogP contribution in [0.3, 0.4) is 0 Å². The minimum atomic E-state index is -0.462. The Kier molecular flexibility index (Phi) is 4.47. The Morgan fingerprint density at radius 1 is 1.37 bits per heavy atom. The summed E-state index contributed by atoms with van der Waals surface area (Å²) in [7, 11) is 0. The van der Waals surface area contributed by atoms with Gasteiger partial charge in [-0.05, 0) is 37.3 Å². The van der Waals surface area contributed by atoms with E-state index in [0.717, 1.165) is 33.7 Å². The van der Waals surface area contributed by atoms with Crippen molar-refractivity contribution in [1.29, 1.82) is 0 Å². The second-order valence-electron chi connectivity index (χ2n) is 5.96. The van der Waals surface area contributed by atoms with Gasteiger partial charge in [0.15, 0.2) is 5.13 Å². The van der Waals surface area contributed by atoms with Crippen LogP contribution in [0.1, 0.15) is 21.8 Å². The smallest absolute Gasteiger partial charge is 0.250 e. The molecule has 136 valence electrons. The normalized spacial score (nSPS) is 10.9. The Labute approximate surface area is 159 Å². The number of rotatable bonds is 6. The Morgan fingerprint density at radius 2 is 2.26 bits per heavy atom. The topological polar surface area (TPSA) is 99.0 Å². The fraction of sp³-hybridized carbons (Fsp3) is 0.105. The van der Waals surface area contributed by atoms with Crippen molar-refractivity contribution < 1.29 is 9.21 Å². The highest BCUT2D eigenvalue weighted by Gasteiger charge is 2.19. The third kappa shape index (κ3) is 3.47. The summed E-state index contributed by atoms with van der Waals surface area (Å²) in [5.74, 6) is 0.325. The Balaban J connectivity index is 1.70. The number of nitrogens with zero attached hydrogens (tertiary/aromatic N) is 3. The molecule has 7 nitrogen and oxygen atoms in total. The summed E-state index contributed by atoms with van der Waals surface area (Å²) in [6.07, 6.45) is 5.08. The van der Waals surface area contributed by atoms with E-state index in [-0.39, 0.29) is 0 Å². The Morgan fingerprint density at radius 3 is 2.96 bits per heavy atom. The molecule has 0 bridgehead atoms. The quantitative estimate of drug-likeness (QED) is 0.531. The number of pyridine rings is 1. The fourth-order valence-corrected chi connectivity index (χ4v) is 3.60. The molecule has 0 aliphatic carbocycles. The molecule has 4 heterocycles. The summed E-state index contributed by atoms with van der Waals surface area (Å²) < 4.78 is 7.45. The second kappa shape index (κ2) is 7.08. The molecule has 3 N–H and O–H groups in total. The van der Waals surface area contributed by atoms with Crippen LogP contribution in [0.25, 0.3) is 11.4 Å². The van der Waals surface area contributed by atoms with E-state index in [1.165, 1.54) is 11.3 Å². The van der Waals surface area contributed by atoms with Crippen molar-refractivity contribution in [1.82, 2.24) is 14.5 Å². The number of thiazole rings is 1. The average molecular weight is 379 g/mol.